The van der Waals surface area contributed by atoms with E-state index in [2.05, 4.69) is 9.97 Å². The molecule has 2 aromatic rings. The number of carbonyl (C=O) groups excluding carboxylic acids is 2. The molecule has 23 heavy (non-hydrogen) atoms. The number of aromatic nitrogens is 2. The lowest BCUT2D eigenvalue weighted by atomic mass is 10.1. The van der Waals surface area contributed by atoms with Gasteiger partial charge in [-0.3, -0.25) is 0 Å². The van der Waals surface area contributed by atoms with Gasteiger partial charge >= 0.3 is 11.9 Å². The molecule has 2 atom stereocenters. The second kappa shape index (κ2) is 7.52. The Bertz CT molecular complexity index is 655. The third kappa shape index (κ3) is 4.90. The Morgan fingerprint density at radius 1 is 1.13 bits per heavy atom. The van der Waals surface area contributed by atoms with Gasteiger partial charge in [-0.1, -0.05) is 12.1 Å². The number of phenolic OH excluding ortho intramolecular Hbond substituents is 1. The molecule has 0 aliphatic heterocycles. The van der Waals surface area contributed by atoms with Crippen LogP contribution in [0.15, 0.2) is 36.8 Å². The zero-order chi connectivity index (χ0) is 16.8. The highest BCUT2D eigenvalue weighted by molar-refractivity contribution is 5.90. The number of rotatable bonds is 6. The molecule has 8 heteroatoms. The van der Waals surface area contributed by atoms with Crippen LogP contribution in [0.3, 0.4) is 0 Å². The summed E-state index contributed by atoms with van der Waals surface area (Å²) in [5, 5.41) is 9.20. The van der Waals surface area contributed by atoms with Gasteiger partial charge in [0.2, 0.25) is 0 Å². The summed E-state index contributed by atoms with van der Waals surface area (Å²) in [6.07, 6.45) is 3.36. The van der Waals surface area contributed by atoms with Gasteiger partial charge in [-0.2, -0.15) is 0 Å². The number of ether oxygens (including phenoxy) is 1. The fourth-order valence-corrected chi connectivity index (χ4v) is 1.94. The number of H-pyrrole nitrogens is 1. The molecule has 2 rings (SSSR count). The summed E-state index contributed by atoms with van der Waals surface area (Å²) in [4.78, 5) is 30.2. The fraction of sp³-hybridized carbons (Fsp3) is 0.267. The Morgan fingerprint density at radius 2 is 1.74 bits per heavy atom. The van der Waals surface area contributed by atoms with Crippen LogP contribution in [0.1, 0.15) is 11.3 Å². The monoisotopic (exact) mass is 318 g/mol. The molecule has 8 nitrogen and oxygen atoms in total. The molecule has 122 valence electrons. The highest BCUT2D eigenvalue weighted by Gasteiger charge is 2.23. The van der Waals surface area contributed by atoms with E-state index in [4.69, 9.17) is 16.2 Å². The molecule has 1 heterocycles. The Morgan fingerprint density at radius 3 is 2.30 bits per heavy atom. The Kier molecular flexibility index (Phi) is 5.45. The van der Waals surface area contributed by atoms with E-state index in [1.54, 1.807) is 12.1 Å². The molecular formula is C15H18N4O4. The van der Waals surface area contributed by atoms with Crippen molar-refractivity contribution in [2.75, 3.05) is 0 Å². The van der Waals surface area contributed by atoms with E-state index in [-0.39, 0.29) is 18.6 Å². The smallest absolute Gasteiger partial charge is 0.330 e. The van der Waals surface area contributed by atoms with Crippen molar-refractivity contribution < 1.29 is 19.4 Å². The van der Waals surface area contributed by atoms with E-state index >= 15 is 0 Å². The maximum Gasteiger partial charge on any atom is 0.330 e. The largest absolute Gasteiger partial charge is 0.508 e. The average molecular weight is 318 g/mol. The summed E-state index contributed by atoms with van der Waals surface area (Å²) in [7, 11) is 0. The van der Waals surface area contributed by atoms with E-state index in [1.807, 2.05) is 0 Å². The molecule has 1 aromatic heterocycles. The lowest BCUT2D eigenvalue weighted by molar-refractivity contribution is -0.161. The summed E-state index contributed by atoms with van der Waals surface area (Å²) in [5.41, 5.74) is 12.8. The number of imidazole rings is 1. The molecule has 0 spiro atoms. The maximum absolute atomic E-state index is 11.8. The predicted molar refractivity (Wildman–Crippen MR) is 81.2 cm³/mol. The second-order valence-corrected chi connectivity index (χ2v) is 5.10. The van der Waals surface area contributed by atoms with Crippen LogP contribution in [0.25, 0.3) is 0 Å². The topological polar surface area (TPSA) is 144 Å². The standard InChI is InChI=1S/C15H18N4O4/c16-12(5-9-1-3-11(20)4-2-9)14(21)23-15(22)13(17)6-10-7-18-8-19-10/h1-4,7-8,12-13,20H,5-6,16-17H2,(H,18,19)/t12-,13-/m0/s1. The third-order valence-electron chi connectivity index (χ3n) is 3.19. The van der Waals surface area contributed by atoms with Crippen LogP contribution in [0, 0.1) is 0 Å². The molecule has 6 N–H and O–H groups in total. The predicted octanol–water partition coefficient (Wildman–Crippen LogP) is -0.375. The molecule has 0 saturated carbocycles. The fourth-order valence-electron chi connectivity index (χ4n) is 1.94. The number of nitrogens with one attached hydrogen (secondary N) is 1. The third-order valence-corrected chi connectivity index (χ3v) is 3.19. The van der Waals surface area contributed by atoms with Gasteiger partial charge in [0.05, 0.1) is 6.33 Å². The van der Waals surface area contributed by atoms with Gasteiger partial charge < -0.3 is 26.3 Å². The van der Waals surface area contributed by atoms with Gasteiger partial charge in [-0.15, -0.1) is 0 Å². The number of nitrogens with zero attached hydrogens (tertiary/aromatic N) is 1. The van der Waals surface area contributed by atoms with Crippen molar-refractivity contribution >= 4 is 11.9 Å². The lowest BCUT2D eigenvalue weighted by Crippen LogP contribution is -2.41. The molecule has 0 saturated heterocycles. The Labute approximate surface area is 132 Å². The van der Waals surface area contributed by atoms with Crippen molar-refractivity contribution in [3.63, 3.8) is 0 Å². The number of nitrogens with two attached hydrogens (primary N) is 2. The van der Waals surface area contributed by atoms with E-state index < -0.39 is 24.0 Å². The Balaban J connectivity index is 1.84. The summed E-state index contributed by atoms with van der Waals surface area (Å²) in [5.74, 6) is -1.57. The highest BCUT2D eigenvalue weighted by Crippen LogP contribution is 2.11. The molecule has 0 radical (unpaired) electrons. The molecule has 0 fully saturated rings. The molecule has 0 unspecified atom stereocenters. The number of hydrogen-bond acceptors (Lipinski definition) is 7. The molecule has 1 aromatic carbocycles. The minimum absolute atomic E-state index is 0.116. The zero-order valence-corrected chi connectivity index (χ0v) is 12.3. The number of hydrogen-bond donors (Lipinski definition) is 4. The minimum atomic E-state index is -0.997. The molecule has 0 amide bonds. The first-order valence-electron chi connectivity index (χ1n) is 6.97. The van der Waals surface area contributed by atoms with Crippen LogP contribution in [-0.2, 0) is 27.2 Å². The lowest BCUT2D eigenvalue weighted by Gasteiger charge is -2.13. The summed E-state index contributed by atoms with van der Waals surface area (Å²) < 4.78 is 4.71. The number of aromatic amines is 1. The first kappa shape index (κ1) is 16.7. The van der Waals surface area contributed by atoms with Gasteiger partial charge in [0.15, 0.2) is 0 Å². The van der Waals surface area contributed by atoms with Crippen molar-refractivity contribution in [3.05, 3.63) is 48.0 Å². The van der Waals surface area contributed by atoms with Gasteiger partial charge in [0.1, 0.15) is 17.8 Å². The van der Waals surface area contributed by atoms with E-state index in [0.717, 1.165) is 5.56 Å². The maximum atomic E-state index is 11.8. The van der Waals surface area contributed by atoms with Gasteiger partial charge in [0, 0.05) is 18.3 Å². The van der Waals surface area contributed by atoms with Gasteiger partial charge in [0.25, 0.3) is 0 Å². The van der Waals surface area contributed by atoms with Crippen molar-refractivity contribution in [1.29, 1.82) is 0 Å². The van der Waals surface area contributed by atoms with Crippen LogP contribution in [0.4, 0.5) is 0 Å². The summed E-state index contributed by atoms with van der Waals surface area (Å²) in [6.45, 7) is 0. The van der Waals surface area contributed by atoms with Gasteiger partial charge in [-0.05, 0) is 24.1 Å². The van der Waals surface area contributed by atoms with Crippen molar-refractivity contribution in [1.82, 2.24) is 9.97 Å². The summed E-state index contributed by atoms with van der Waals surface area (Å²) in [6, 6.07) is 4.25. The van der Waals surface area contributed by atoms with Crippen molar-refractivity contribution in [2.45, 2.75) is 24.9 Å². The normalized spacial score (nSPS) is 13.3. The zero-order valence-electron chi connectivity index (χ0n) is 12.3. The SMILES string of the molecule is N[C@@H](Cc1ccc(O)cc1)C(=O)OC(=O)[C@@H](N)Cc1cnc[nH]1. The second-order valence-electron chi connectivity index (χ2n) is 5.10. The number of benzene rings is 1. The molecule has 0 aliphatic rings. The highest BCUT2D eigenvalue weighted by atomic mass is 16.6. The number of esters is 2. The number of phenols is 1. The van der Waals surface area contributed by atoms with E-state index in [1.165, 1.54) is 24.7 Å². The van der Waals surface area contributed by atoms with Crippen molar-refractivity contribution in [2.24, 2.45) is 11.5 Å². The van der Waals surface area contributed by atoms with Crippen LogP contribution in [-0.4, -0.2) is 39.1 Å². The molecule has 0 aliphatic carbocycles. The van der Waals surface area contributed by atoms with Crippen LogP contribution >= 0.6 is 0 Å². The molecular weight excluding hydrogens is 300 g/mol. The molecule has 0 bridgehead atoms. The quantitative estimate of drug-likeness (QED) is 0.420. The first-order valence-corrected chi connectivity index (χ1v) is 6.97. The minimum Gasteiger partial charge on any atom is -0.508 e. The first-order chi connectivity index (χ1) is 11.0. The van der Waals surface area contributed by atoms with Crippen LogP contribution < -0.4 is 11.5 Å². The summed E-state index contributed by atoms with van der Waals surface area (Å²) >= 11 is 0. The van der Waals surface area contributed by atoms with Crippen molar-refractivity contribution in [3.8, 4) is 5.75 Å². The van der Waals surface area contributed by atoms with Gasteiger partial charge in [-0.25, -0.2) is 14.6 Å². The van der Waals surface area contributed by atoms with Crippen LogP contribution in [0.5, 0.6) is 5.75 Å². The van der Waals surface area contributed by atoms with E-state index in [9.17, 15) is 14.7 Å². The number of aromatic hydroxyl groups is 1. The Hall–Kier alpha value is -2.71. The van der Waals surface area contributed by atoms with E-state index in [0.29, 0.717) is 5.69 Å². The van der Waals surface area contributed by atoms with Crippen LogP contribution in [0.2, 0.25) is 0 Å². The average Bonchev–Trinajstić information content (AvgIpc) is 3.02. The number of carbonyl (C=O) groups is 2.